The molecule has 2 rings (SSSR count). The van der Waals surface area contributed by atoms with Crippen LogP contribution < -0.4 is 5.32 Å². The molecule has 3 unspecified atom stereocenters. The van der Waals surface area contributed by atoms with Crippen LogP contribution in [0.25, 0.3) is 0 Å². The Morgan fingerprint density at radius 2 is 2.00 bits per heavy atom. The van der Waals surface area contributed by atoms with Gasteiger partial charge >= 0.3 is 0 Å². The third-order valence-electron chi connectivity index (χ3n) is 4.90. The molecule has 2 fully saturated rings. The van der Waals surface area contributed by atoms with E-state index in [1.54, 1.807) is 0 Å². The average Bonchev–Trinajstić information content (AvgIpc) is 2.89. The first kappa shape index (κ1) is 16.3. The number of rotatable bonds is 6. The van der Waals surface area contributed by atoms with E-state index in [4.69, 9.17) is 9.47 Å². The lowest BCUT2D eigenvalue weighted by atomic mass is 9.78. The molecule has 2 heterocycles. The Bertz CT molecular complexity index is 308. The summed E-state index contributed by atoms with van der Waals surface area (Å²) >= 11 is 0. The molecule has 0 aromatic heterocycles. The molecule has 0 aliphatic carbocycles. The van der Waals surface area contributed by atoms with Crippen molar-refractivity contribution >= 4 is 0 Å². The molecule has 3 nitrogen and oxygen atoms in total. The van der Waals surface area contributed by atoms with Gasteiger partial charge in [0, 0.05) is 25.2 Å². The number of nitrogens with one attached hydrogen (secondary N) is 1. The minimum Gasteiger partial charge on any atom is -0.381 e. The molecule has 3 heteroatoms. The van der Waals surface area contributed by atoms with E-state index in [2.05, 4.69) is 39.9 Å². The Kier molecular flexibility index (Phi) is 5.14. The Morgan fingerprint density at radius 1 is 1.25 bits per heavy atom. The van der Waals surface area contributed by atoms with Crippen LogP contribution in [0.2, 0.25) is 0 Å². The highest BCUT2D eigenvalue weighted by atomic mass is 16.5. The van der Waals surface area contributed by atoms with Gasteiger partial charge in [0.05, 0.1) is 11.2 Å². The first-order valence-electron chi connectivity index (χ1n) is 8.35. The second-order valence-corrected chi connectivity index (χ2v) is 7.80. The Balaban J connectivity index is 2.04. The third-order valence-corrected chi connectivity index (χ3v) is 4.90. The summed E-state index contributed by atoms with van der Waals surface area (Å²) in [5.41, 5.74) is -0.0269. The maximum atomic E-state index is 6.30. The lowest BCUT2D eigenvalue weighted by molar-refractivity contribution is -0.0783. The van der Waals surface area contributed by atoms with Crippen molar-refractivity contribution in [1.29, 1.82) is 0 Å². The van der Waals surface area contributed by atoms with Gasteiger partial charge in [-0.05, 0) is 65.8 Å². The zero-order valence-electron chi connectivity index (χ0n) is 14.0. The summed E-state index contributed by atoms with van der Waals surface area (Å²) in [6.45, 7) is 14.2. The van der Waals surface area contributed by atoms with E-state index >= 15 is 0 Å². The lowest BCUT2D eigenvalue weighted by Crippen LogP contribution is -2.45. The molecule has 0 aromatic carbocycles. The van der Waals surface area contributed by atoms with Crippen LogP contribution in [-0.2, 0) is 9.47 Å². The number of ether oxygens (including phenoxy) is 2. The molecule has 118 valence electrons. The predicted octanol–water partition coefficient (Wildman–Crippen LogP) is 3.37. The monoisotopic (exact) mass is 283 g/mol. The molecular formula is C17H33NO2. The van der Waals surface area contributed by atoms with Crippen molar-refractivity contribution in [3.05, 3.63) is 0 Å². The second kappa shape index (κ2) is 6.33. The van der Waals surface area contributed by atoms with Crippen molar-refractivity contribution in [3.8, 4) is 0 Å². The molecule has 2 saturated heterocycles. The van der Waals surface area contributed by atoms with Crippen LogP contribution in [0, 0.1) is 11.8 Å². The largest absolute Gasteiger partial charge is 0.381 e. The fourth-order valence-electron chi connectivity index (χ4n) is 4.08. The van der Waals surface area contributed by atoms with E-state index in [1.807, 2.05) is 0 Å². The van der Waals surface area contributed by atoms with Gasteiger partial charge in [-0.15, -0.1) is 0 Å². The first-order valence-corrected chi connectivity index (χ1v) is 8.35. The molecule has 0 bridgehead atoms. The summed E-state index contributed by atoms with van der Waals surface area (Å²) < 4.78 is 11.9. The normalized spacial score (nSPS) is 33.5. The van der Waals surface area contributed by atoms with E-state index in [9.17, 15) is 0 Å². The van der Waals surface area contributed by atoms with Gasteiger partial charge in [0.15, 0.2) is 0 Å². The van der Waals surface area contributed by atoms with Gasteiger partial charge in [0.1, 0.15) is 0 Å². The van der Waals surface area contributed by atoms with Crippen LogP contribution in [0.5, 0.6) is 0 Å². The van der Waals surface area contributed by atoms with Crippen molar-refractivity contribution in [1.82, 2.24) is 5.32 Å². The smallest absolute Gasteiger partial charge is 0.0677 e. The predicted molar refractivity (Wildman–Crippen MR) is 83.0 cm³/mol. The van der Waals surface area contributed by atoms with E-state index in [0.29, 0.717) is 12.0 Å². The molecule has 0 aromatic rings. The molecule has 2 aliphatic rings. The highest BCUT2D eigenvalue weighted by Gasteiger charge is 2.49. The van der Waals surface area contributed by atoms with E-state index in [0.717, 1.165) is 32.1 Å². The van der Waals surface area contributed by atoms with Gasteiger partial charge < -0.3 is 14.8 Å². The second-order valence-electron chi connectivity index (χ2n) is 7.80. The van der Waals surface area contributed by atoms with Crippen LogP contribution in [-0.4, -0.2) is 37.0 Å². The van der Waals surface area contributed by atoms with Gasteiger partial charge in [-0.2, -0.15) is 0 Å². The van der Waals surface area contributed by atoms with Crippen molar-refractivity contribution in [3.63, 3.8) is 0 Å². The van der Waals surface area contributed by atoms with Crippen LogP contribution in [0.15, 0.2) is 0 Å². The van der Waals surface area contributed by atoms with Crippen molar-refractivity contribution in [2.45, 2.75) is 77.5 Å². The van der Waals surface area contributed by atoms with Crippen LogP contribution in [0.4, 0.5) is 0 Å². The van der Waals surface area contributed by atoms with Crippen LogP contribution in [0.3, 0.4) is 0 Å². The first-order chi connectivity index (χ1) is 9.34. The zero-order chi connectivity index (χ0) is 14.8. The summed E-state index contributed by atoms with van der Waals surface area (Å²) in [6.07, 6.45) is 4.79. The van der Waals surface area contributed by atoms with Gasteiger partial charge in [-0.3, -0.25) is 0 Å². The summed E-state index contributed by atoms with van der Waals surface area (Å²) in [5.74, 6) is 1.31. The number of hydrogen-bond acceptors (Lipinski definition) is 3. The summed E-state index contributed by atoms with van der Waals surface area (Å²) in [5, 5.41) is 3.80. The van der Waals surface area contributed by atoms with Gasteiger partial charge in [-0.25, -0.2) is 0 Å². The van der Waals surface area contributed by atoms with Gasteiger partial charge in [0.2, 0.25) is 0 Å². The molecule has 20 heavy (non-hydrogen) atoms. The van der Waals surface area contributed by atoms with Crippen LogP contribution >= 0.6 is 0 Å². The van der Waals surface area contributed by atoms with Gasteiger partial charge in [0.25, 0.3) is 0 Å². The molecule has 2 aliphatic heterocycles. The van der Waals surface area contributed by atoms with E-state index < -0.39 is 0 Å². The summed E-state index contributed by atoms with van der Waals surface area (Å²) in [4.78, 5) is 0. The van der Waals surface area contributed by atoms with Crippen molar-refractivity contribution < 1.29 is 9.47 Å². The fraction of sp³-hybridized carbons (Fsp3) is 1.00. The minimum atomic E-state index is -0.0334. The Morgan fingerprint density at radius 3 is 2.50 bits per heavy atom. The molecule has 1 N–H and O–H groups in total. The lowest BCUT2D eigenvalue weighted by Gasteiger charge is -2.34. The highest BCUT2D eigenvalue weighted by molar-refractivity contribution is 5.00. The molecular weight excluding hydrogens is 250 g/mol. The maximum absolute atomic E-state index is 6.30. The molecule has 0 spiro atoms. The number of hydrogen-bond donors (Lipinski definition) is 1. The summed E-state index contributed by atoms with van der Waals surface area (Å²) in [6, 6.07) is 0.554. The Labute approximate surface area is 124 Å². The highest BCUT2D eigenvalue weighted by Crippen LogP contribution is 2.45. The quantitative estimate of drug-likeness (QED) is 0.810. The van der Waals surface area contributed by atoms with Crippen molar-refractivity contribution in [2.24, 2.45) is 11.8 Å². The minimum absolute atomic E-state index is 0.00644. The van der Waals surface area contributed by atoms with Crippen molar-refractivity contribution in [2.75, 3.05) is 19.8 Å². The summed E-state index contributed by atoms with van der Waals surface area (Å²) in [7, 11) is 0. The molecule has 0 amide bonds. The topological polar surface area (TPSA) is 30.5 Å². The SMILES string of the molecule is CCCNC(CC1CCOC1)C1CC(C)(C)OC1(C)C. The molecule has 0 radical (unpaired) electrons. The maximum Gasteiger partial charge on any atom is 0.0677 e. The fourth-order valence-corrected chi connectivity index (χ4v) is 4.08. The molecule has 0 saturated carbocycles. The van der Waals surface area contributed by atoms with Crippen LogP contribution in [0.1, 0.15) is 60.3 Å². The van der Waals surface area contributed by atoms with Gasteiger partial charge in [-0.1, -0.05) is 6.92 Å². The standard InChI is InChI=1S/C17H33NO2/c1-6-8-18-15(10-13-7-9-19-12-13)14-11-16(2,3)20-17(14,4)5/h13-15,18H,6-12H2,1-5H3. The Hall–Kier alpha value is -0.120. The molecule has 3 atom stereocenters. The van der Waals surface area contributed by atoms with E-state index in [1.165, 1.54) is 19.3 Å². The zero-order valence-corrected chi connectivity index (χ0v) is 14.0. The third kappa shape index (κ3) is 3.96. The van der Waals surface area contributed by atoms with E-state index in [-0.39, 0.29) is 11.2 Å². The average molecular weight is 283 g/mol.